The Labute approximate surface area is 72.3 Å². The molecule has 2 atom stereocenters. The summed E-state index contributed by atoms with van der Waals surface area (Å²) >= 11 is 0. The van der Waals surface area contributed by atoms with Crippen LogP contribution in [0.25, 0.3) is 0 Å². The van der Waals surface area contributed by atoms with Crippen molar-refractivity contribution in [2.24, 2.45) is 0 Å². The summed E-state index contributed by atoms with van der Waals surface area (Å²) in [6, 6.07) is 1.96. The van der Waals surface area contributed by atoms with Crippen LogP contribution in [0.4, 0.5) is 0 Å². The van der Waals surface area contributed by atoms with Crippen molar-refractivity contribution >= 4 is 0 Å². The van der Waals surface area contributed by atoms with Crippen LogP contribution in [0.3, 0.4) is 0 Å². The highest BCUT2D eigenvalue weighted by Gasteiger charge is 2.23. The molecule has 1 saturated heterocycles. The predicted octanol–water partition coefficient (Wildman–Crippen LogP) is -0.408. The largest absolute Gasteiger partial charge is 0.392 e. The molecular formula is C8H14N2O2. The molecule has 1 rings (SSSR count). The van der Waals surface area contributed by atoms with Gasteiger partial charge in [0.2, 0.25) is 0 Å². The monoisotopic (exact) mass is 170 g/mol. The van der Waals surface area contributed by atoms with Crippen LogP contribution in [0, 0.1) is 11.3 Å². The fourth-order valence-corrected chi connectivity index (χ4v) is 1.31. The first kappa shape index (κ1) is 9.46. The molecule has 12 heavy (non-hydrogen) atoms. The molecule has 0 aromatic rings. The van der Waals surface area contributed by atoms with Crippen LogP contribution in [0.15, 0.2) is 0 Å². The molecule has 1 fully saturated rings. The van der Waals surface area contributed by atoms with Crippen molar-refractivity contribution in [2.45, 2.75) is 19.1 Å². The lowest BCUT2D eigenvalue weighted by atomic mass is 10.2. The lowest BCUT2D eigenvalue weighted by molar-refractivity contribution is -0.00504. The number of aliphatic hydroxyl groups excluding tert-OH is 1. The quantitative estimate of drug-likeness (QED) is 0.612. The van der Waals surface area contributed by atoms with Crippen LogP contribution in [-0.4, -0.2) is 48.5 Å². The molecule has 4 nitrogen and oxygen atoms in total. The number of nitrogens with zero attached hydrogens (tertiary/aromatic N) is 2. The maximum atomic E-state index is 9.13. The summed E-state index contributed by atoms with van der Waals surface area (Å²) in [6.45, 7) is 4.14. The Hall–Kier alpha value is -0.630. The van der Waals surface area contributed by atoms with Crippen LogP contribution in [0.2, 0.25) is 0 Å². The van der Waals surface area contributed by atoms with Crippen LogP contribution < -0.4 is 0 Å². The zero-order valence-corrected chi connectivity index (χ0v) is 7.23. The first-order valence-corrected chi connectivity index (χ1v) is 4.13. The summed E-state index contributed by atoms with van der Waals surface area (Å²) < 4.78 is 5.14. The molecule has 4 heteroatoms. The van der Waals surface area contributed by atoms with Crippen LogP contribution in [0.1, 0.15) is 6.92 Å². The Balaban J connectivity index is 2.43. The molecule has 1 N–H and O–H groups in total. The van der Waals surface area contributed by atoms with Gasteiger partial charge in [-0.15, -0.1) is 0 Å². The van der Waals surface area contributed by atoms with Gasteiger partial charge in [0.25, 0.3) is 0 Å². The summed E-state index contributed by atoms with van der Waals surface area (Å²) in [5.41, 5.74) is 0. The third-order valence-electron chi connectivity index (χ3n) is 1.89. The summed E-state index contributed by atoms with van der Waals surface area (Å²) in [7, 11) is 0. The third kappa shape index (κ3) is 2.45. The van der Waals surface area contributed by atoms with Crippen molar-refractivity contribution in [2.75, 3.05) is 26.3 Å². The number of hydrogen-bond donors (Lipinski definition) is 1. The highest BCUT2D eigenvalue weighted by Crippen LogP contribution is 2.06. The van der Waals surface area contributed by atoms with E-state index in [1.54, 1.807) is 6.92 Å². The number of β-amino-alcohol motifs (C(OH)–C–C–N with tert-alkyl or cyclic N) is 1. The van der Waals surface area contributed by atoms with Gasteiger partial charge in [0, 0.05) is 13.1 Å². The first-order chi connectivity index (χ1) is 5.74. The van der Waals surface area contributed by atoms with Crippen molar-refractivity contribution in [3.8, 4) is 6.07 Å². The SMILES string of the molecule is CC(O)CN1CCOCC1C#N. The summed E-state index contributed by atoms with van der Waals surface area (Å²) in [4.78, 5) is 1.95. The van der Waals surface area contributed by atoms with E-state index in [4.69, 9.17) is 15.1 Å². The van der Waals surface area contributed by atoms with E-state index in [1.807, 2.05) is 4.90 Å². The van der Waals surface area contributed by atoms with E-state index in [1.165, 1.54) is 0 Å². The van der Waals surface area contributed by atoms with Crippen LogP contribution in [-0.2, 0) is 4.74 Å². The minimum absolute atomic E-state index is 0.187. The third-order valence-corrected chi connectivity index (χ3v) is 1.89. The number of ether oxygens (including phenoxy) is 1. The van der Waals surface area contributed by atoms with Gasteiger partial charge in [0.05, 0.1) is 25.4 Å². The molecule has 0 amide bonds. The Bertz CT molecular complexity index is 176. The van der Waals surface area contributed by atoms with Gasteiger partial charge in [-0.2, -0.15) is 5.26 Å². The average molecular weight is 170 g/mol. The lowest BCUT2D eigenvalue weighted by Gasteiger charge is -2.31. The summed E-state index contributed by atoms with van der Waals surface area (Å²) in [6.07, 6.45) is -0.376. The maximum Gasteiger partial charge on any atom is 0.122 e. The molecule has 0 saturated carbocycles. The van der Waals surface area contributed by atoms with E-state index in [0.717, 1.165) is 6.54 Å². The van der Waals surface area contributed by atoms with E-state index < -0.39 is 0 Å². The average Bonchev–Trinajstić information content (AvgIpc) is 2.04. The van der Waals surface area contributed by atoms with Gasteiger partial charge in [-0.25, -0.2) is 0 Å². The Morgan fingerprint density at radius 3 is 3.17 bits per heavy atom. The first-order valence-electron chi connectivity index (χ1n) is 4.13. The number of aliphatic hydroxyl groups is 1. The van der Waals surface area contributed by atoms with E-state index in [-0.39, 0.29) is 12.1 Å². The second-order valence-corrected chi connectivity index (χ2v) is 3.06. The molecule has 2 unspecified atom stereocenters. The maximum absolute atomic E-state index is 9.13. The van der Waals surface area contributed by atoms with Crippen LogP contribution >= 0.6 is 0 Å². The number of nitriles is 1. The molecule has 0 radical (unpaired) electrons. The number of rotatable bonds is 2. The highest BCUT2D eigenvalue weighted by atomic mass is 16.5. The summed E-state index contributed by atoms with van der Waals surface area (Å²) in [5, 5.41) is 17.8. The standard InChI is InChI=1S/C8H14N2O2/c1-7(11)5-10-2-3-12-6-8(10)4-9/h7-8,11H,2-3,5-6H2,1H3. The zero-order chi connectivity index (χ0) is 8.97. The minimum atomic E-state index is -0.376. The predicted molar refractivity (Wildman–Crippen MR) is 43.5 cm³/mol. The van der Waals surface area contributed by atoms with Gasteiger partial charge >= 0.3 is 0 Å². The zero-order valence-electron chi connectivity index (χ0n) is 7.23. The van der Waals surface area contributed by atoms with Crippen molar-refractivity contribution in [3.05, 3.63) is 0 Å². The van der Waals surface area contributed by atoms with Gasteiger partial charge in [0.15, 0.2) is 0 Å². The lowest BCUT2D eigenvalue weighted by Crippen LogP contribution is -2.47. The molecule has 1 aliphatic heterocycles. The Morgan fingerprint density at radius 2 is 2.58 bits per heavy atom. The van der Waals surface area contributed by atoms with E-state index in [0.29, 0.717) is 19.8 Å². The highest BCUT2D eigenvalue weighted by molar-refractivity contribution is 4.93. The number of morpholine rings is 1. The Morgan fingerprint density at radius 1 is 1.83 bits per heavy atom. The molecule has 68 valence electrons. The second-order valence-electron chi connectivity index (χ2n) is 3.06. The van der Waals surface area contributed by atoms with Gasteiger partial charge < -0.3 is 9.84 Å². The Kier molecular flexibility index (Phi) is 3.48. The summed E-state index contributed by atoms with van der Waals surface area (Å²) in [5.74, 6) is 0. The molecule has 0 bridgehead atoms. The van der Waals surface area contributed by atoms with Crippen LogP contribution in [0.5, 0.6) is 0 Å². The fraction of sp³-hybridized carbons (Fsp3) is 0.875. The number of hydrogen-bond acceptors (Lipinski definition) is 4. The van der Waals surface area contributed by atoms with Gasteiger partial charge in [0.1, 0.15) is 6.04 Å². The molecule has 0 aromatic carbocycles. The van der Waals surface area contributed by atoms with Gasteiger partial charge in [-0.1, -0.05) is 0 Å². The van der Waals surface area contributed by atoms with Gasteiger partial charge in [-0.05, 0) is 6.92 Å². The van der Waals surface area contributed by atoms with Crippen molar-refractivity contribution in [1.82, 2.24) is 4.90 Å². The molecule has 1 heterocycles. The molecule has 1 aliphatic rings. The molecule has 0 spiro atoms. The van der Waals surface area contributed by atoms with Crippen molar-refractivity contribution in [3.63, 3.8) is 0 Å². The minimum Gasteiger partial charge on any atom is -0.392 e. The van der Waals surface area contributed by atoms with E-state index in [2.05, 4.69) is 6.07 Å². The molecule has 0 aromatic heterocycles. The molecular weight excluding hydrogens is 156 g/mol. The molecule has 0 aliphatic carbocycles. The van der Waals surface area contributed by atoms with Crippen molar-refractivity contribution in [1.29, 1.82) is 5.26 Å². The fourth-order valence-electron chi connectivity index (χ4n) is 1.31. The smallest absolute Gasteiger partial charge is 0.122 e. The van der Waals surface area contributed by atoms with Crippen molar-refractivity contribution < 1.29 is 9.84 Å². The normalized spacial score (nSPS) is 27.9. The van der Waals surface area contributed by atoms with Gasteiger partial charge in [-0.3, -0.25) is 4.90 Å². The van der Waals surface area contributed by atoms with E-state index >= 15 is 0 Å². The van der Waals surface area contributed by atoms with E-state index in [9.17, 15) is 0 Å². The second kappa shape index (κ2) is 4.41. The topological polar surface area (TPSA) is 56.5 Å².